The molecule has 3 aromatic carbocycles. The zero-order chi connectivity index (χ0) is 23.4. The Hall–Kier alpha value is -4.43. The molecule has 0 saturated heterocycles. The molecule has 4 rings (SSSR count). The van der Waals surface area contributed by atoms with E-state index in [2.05, 4.69) is 4.99 Å². The third kappa shape index (κ3) is 4.32. The monoisotopic (exact) mass is 433 g/mol. The molecular formula is C28H23N3O2. The van der Waals surface area contributed by atoms with Crippen LogP contribution >= 0.6 is 0 Å². The highest BCUT2D eigenvalue weighted by atomic mass is 16.3. The largest absolute Gasteiger partial charge is 0.494 e. The van der Waals surface area contributed by atoms with Crippen molar-refractivity contribution in [3.8, 4) is 23.1 Å². The van der Waals surface area contributed by atoms with E-state index in [9.17, 15) is 15.2 Å². The number of hydrogen-bond acceptors (Lipinski definition) is 4. The van der Waals surface area contributed by atoms with E-state index in [0.29, 0.717) is 16.8 Å². The molecule has 0 saturated carbocycles. The van der Waals surface area contributed by atoms with Crippen LogP contribution in [0.2, 0.25) is 0 Å². The molecule has 0 aliphatic rings. The molecule has 5 heteroatoms. The smallest absolute Gasteiger partial charge is 0.272 e. The van der Waals surface area contributed by atoms with Gasteiger partial charge in [0.05, 0.1) is 17.3 Å². The lowest BCUT2D eigenvalue weighted by Gasteiger charge is -2.20. The highest BCUT2D eigenvalue weighted by Crippen LogP contribution is 2.28. The lowest BCUT2D eigenvalue weighted by molar-refractivity contribution is 0.393. The first kappa shape index (κ1) is 21.8. The molecule has 33 heavy (non-hydrogen) atoms. The highest BCUT2D eigenvalue weighted by Gasteiger charge is 2.22. The van der Waals surface area contributed by atoms with Gasteiger partial charge in [-0.1, -0.05) is 72.8 Å². The summed E-state index contributed by atoms with van der Waals surface area (Å²) in [6.45, 7) is 3.47. The predicted octanol–water partition coefficient (Wildman–Crippen LogP) is 5.76. The molecule has 1 unspecified atom stereocenters. The first-order chi connectivity index (χ1) is 16.0. The van der Waals surface area contributed by atoms with Gasteiger partial charge in [0, 0.05) is 6.21 Å². The second-order valence-electron chi connectivity index (χ2n) is 7.78. The molecule has 4 aromatic rings. The van der Waals surface area contributed by atoms with Crippen molar-refractivity contribution in [3.05, 3.63) is 118 Å². The van der Waals surface area contributed by atoms with Crippen molar-refractivity contribution in [2.45, 2.75) is 19.9 Å². The van der Waals surface area contributed by atoms with Gasteiger partial charge in [-0.3, -0.25) is 14.4 Å². The van der Waals surface area contributed by atoms with E-state index < -0.39 is 11.6 Å². The van der Waals surface area contributed by atoms with Gasteiger partial charge in [-0.2, -0.15) is 5.26 Å². The summed E-state index contributed by atoms with van der Waals surface area (Å²) in [5.41, 5.74) is 3.96. The quantitative estimate of drug-likeness (QED) is 0.406. The molecule has 5 nitrogen and oxygen atoms in total. The lowest BCUT2D eigenvalue weighted by Crippen LogP contribution is -2.28. The van der Waals surface area contributed by atoms with Crippen molar-refractivity contribution in [1.82, 2.24) is 4.57 Å². The molecule has 0 spiro atoms. The number of aliphatic imine (C=N–C) groups is 1. The maximum absolute atomic E-state index is 13.0. The van der Waals surface area contributed by atoms with E-state index >= 15 is 0 Å². The van der Waals surface area contributed by atoms with Gasteiger partial charge in [-0.05, 0) is 48.2 Å². The number of rotatable bonds is 5. The molecule has 162 valence electrons. The maximum atomic E-state index is 13.0. The minimum atomic E-state index is -0.520. The van der Waals surface area contributed by atoms with Crippen LogP contribution in [0.15, 0.2) is 94.7 Å². The molecular weight excluding hydrogens is 410 g/mol. The summed E-state index contributed by atoms with van der Waals surface area (Å²) in [7, 11) is 0. The molecule has 0 radical (unpaired) electrons. The molecule has 0 bridgehead atoms. The van der Waals surface area contributed by atoms with Crippen LogP contribution in [0.1, 0.15) is 35.2 Å². The first-order valence-electron chi connectivity index (χ1n) is 10.6. The Morgan fingerprint density at radius 3 is 2.12 bits per heavy atom. The van der Waals surface area contributed by atoms with E-state index in [1.807, 2.05) is 97.9 Å². The number of hydrogen-bond donors (Lipinski definition) is 1. The number of aromatic nitrogens is 1. The summed E-state index contributed by atoms with van der Waals surface area (Å²) in [4.78, 5) is 17.5. The summed E-state index contributed by atoms with van der Waals surface area (Å²) in [6.07, 6.45) is 1.51. The van der Waals surface area contributed by atoms with Crippen molar-refractivity contribution in [1.29, 1.82) is 5.26 Å². The first-order valence-corrected chi connectivity index (χ1v) is 10.6. The van der Waals surface area contributed by atoms with E-state index in [0.717, 1.165) is 16.7 Å². The molecule has 1 atom stereocenters. The Bertz CT molecular complexity index is 1400. The highest BCUT2D eigenvalue weighted by molar-refractivity contribution is 5.87. The Labute approximate surface area is 192 Å². The van der Waals surface area contributed by atoms with Gasteiger partial charge in [0.15, 0.2) is 0 Å². The average molecular weight is 434 g/mol. The summed E-state index contributed by atoms with van der Waals surface area (Å²) in [6, 6.07) is 28.7. The molecule has 0 aliphatic heterocycles. The molecule has 0 fully saturated rings. The number of benzene rings is 3. The summed E-state index contributed by atoms with van der Waals surface area (Å²) < 4.78 is 1.25. The summed E-state index contributed by atoms with van der Waals surface area (Å²) in [5.74, 6) is -0.211. The number of nitriles is 1. The summed E-state index contributed by atoms with van der Waals surface area (Å²) >= 11 is 0. The molecule has 0 aliphatic carbocycles. The van der Waals surface area contributed by atoms with Crippen LogP contribution in [0, 0.1) is 18.3 Å². The molecule has 0 amide bonds. The standard InChI is InChI=1S/C28H23N3O2/c1-19-25(17-29)27(32)31(20(2)21-9-5-3-6-10-21)28(33)26(19)18-30-24-15-13-23(14-16-24)22-11-7-4-8-12-22/h3-16,18,20,33H,1-2H3. The van der Waals surface area contributed by atoms with Crippen LogP contribution < -0.4 is 5.56 Å². The van der Waals surface area contributed by atoms with Gasteiger partial charge in [0.1, 0.15) is 11.6 Å². The number of pyridine rings is 1. The number of aromatic hydroxyl groups is 1. The molecule has 1 aromatic heterocycles. The second kappa shape index (κ2) is 9.37. The van der Waals surface area contributed by atoms with Crippen LogP contribution in [0.25, 0.3) is 11.1 Å². The fraction of sp³-hybridized carbons (Fsp3) is 0.107. The Morgan fingerprint density at radius 1 is 0.939 bits per heavy atom. The summed E-state index contributed by atoms with van der Waals surface area (Å²) in [5, 5.41) is 20.7. The van der Waals surface area contributed by atoms with Crippen molar-refractivity contribution < 1.29 is 5.11 Å². The van der Waals surface area contributed by atoms with E-state index in [1.165, 1.54) is 10.8 Å². The van der Waals surface area contributed by atoms with Crippen LogP contribution in [0.5, 0.6) is 5.88 Å². The minimum Gasteiger partial charge on any atom is -0.494 e. The number of nitrogens with zero attached hydrogens (tertiary/aromatic N) is 3. The second-order valence-corrected chi connectivity index (χ2v) is 7.78. The maximum Gasteiger partial charge on any atom is 0.272 e. The van der Waals surface area contributed by atoms with Crippen molar-refractivity contribution in [2.75, 3.05) is 0 Å². The third-order valence-corrected chi connectivity index (χ3v) is 5.78. The Morgan fingerprint density at radius 2 is 1.52 bits per heavy atom. The van der Waals surface area contributed by atoms with Crippen LogP contribution in [-0.2, 0) is 0 Å². The topological polar surface area (TPSA) is 78.4 Å². The van der Waals surface area contributed by atoms with E-state index in [-0.39, 0.29) is 11.4 Å². The van der Waals surface area contributed by atoms with Crippen LogP contribution in [-0.4, -0.2) is 15.9 Å². The van der Waals surface area contributed by atoms with Crippen molar-refractivity contribution in [3.63, 3.8) is 0 Å². The van der Waals surface area contributed by atoms with Gasteiger partial charge in [0.25, 0.3) is 5.56 Å². The lowest BCUT2D eigenvalue weighted by atomic mass is 10.0. The Balaban J connectivity index is 1.74. The van der Waals surface area contributed by atoms with Crippen molar-refractivity contribution >= 4 is 11.9 Å². The average Bonchev–Trinajstić information content (AvgIpc) is 2.85. The SMILES string of the molecule is Cc1c(C=Nc2ccc(-c3ccccc3)cc2)c(O)n(C(C)c2ccccc2)c(=O)c1C#N. The zero-order valence-corrected chi connectivity index (χ0v) is 18.4. The zero-order valence-electron chi connectivity index (χ0n) is 18.4. The van der Waals surface area contributed by atoms with E-state index in [1.54, 1.807) is 6.92 Å². The normalized spacial score (nSPS) is 11.9. The van der Waals surface area contributed by atoms with Crippen molar-refractivity contribution in [2.24, 2.45) is 4.99 Å². The van der Waals surface area contributed by atoms with Crippen LogP contribution in [0.4, 0.5) is 5.69 Å². The fourth-order valence-corrected chi connectivity index (χ4v) is 3.84. The molecule has 1 heterocycles. The Kier molecular flexibility index (Phi) is 6.19. The fourth-order valence-electron chi connectivity index (χ4n) is 3.84. The van der Waals surface area contributed by atoms with Gasteiger partial charge in [-0.25, -0.2) is 0 Å². The third-order valence-electron chi connectivity index (χ3n) is 5.78. The minimum absolute atomic E-state index is 0.00328. The van der Waals surface area contributed by atoms with Gasteiger partial charge >= 0.3 is 0 Å². The van der Waals surface area contributed by atoms with E-state index in [4.69, 9.17) is 0 Å². The predicted molar refractivity (Wildman–Crippen MR) is 131 cm³/mol. The van der Waals surface area contributed by atoms with Gasteiger partial charge in [0.2, 0.25) is 5.88 Å². The molecule has 1 N–H and O–H groups in total. The van der Waals surface area contributed by atoms with Gasteiger partial charge < -0.3 is 5.11 Å². The van der Waals surface area contributed by atoms with Crippen LogP contribution in [0.3, 0.4) is 0 Å². The van der Waals surface area contributed by atoms with Gasteiger partial charge in [-0.15, -0.1) is 0 Å².